The molecule has 0 spiro atoms. The van der Waals surface area contributed by atoms with Crippen molar-refractivity contribution in [1.29, 1.82) is 0 Å². The van der Waals surface area contributed by atoms with E-state index in [4.69, 9.17) is 11.6 Å². The zero-order chi connectivity index (χ0) is 14.4. The van der Waals surface area contributed by atoms with Crippen molar-refractivity contribution in [3.8, 4) is 0 Å². The summed E-state index contributed by atoms with van der Waals surface area (Å²) in [6.07, 6.45) is 1.45. The van der Waals surface area contributed by atoms with Crippen LogP contribution in [0.3, 0.4) is 0 Å². The minimum Gasteiger partial charge on any atom is -0.356 e. The van der Waals surface area contributed by atoms with Crippen molar-refractivity contribution in [2.75, 3.05) is 13.1 Å². The number of benzene rings is 1. The Hall–Kier alpha value is -1.52. The minimum atomic E-state index is 0.0853. The highest BCUT2D eigenvalue weighted by Crippen LogP contribution is 2.26. The third-order valence-electron chi connectivity index (χ3n) is 3.12. The van der Waals surface area contributed by atoms with E-state index >= 15 is 0 Å². The summed E-state index contributed by atoms with van der Waals surface area (Å²) in [5, 5.41) is 7.87. The first-order valence-electron chi connectivity index (χ1n) is 6.95. The van der Waals surface area contributed by atoms with Crippen LogP contribution in [-0.2, 0) is 11.3 Å². The number of aromatic amines is 1. The van der Waals surface area contributed by atoms with Crippen LogP contribution in [-0.4, -0.2) is 24.0 Å². The lowest BCUT2D eigenvalue weighted by Crippen LogP contribution is -2.28. The second-order valence-electron chi connectivity index (χ2n) is 4.74. The molecule has 3 N–H and O–H groups in total. The van der Waals surface area contributed by atoms with Gasteiger partial charge in [-0.15, -0.1) is 0 Å². The van der Waals surface area contributed by atoms with Crippen LogP contribution >= 0.6 is 11.6 Å². The maximum Gasteiger partial charge on any atom is 0.221 e. The van der Waals surface area contributed by atoms with Crippen molar-refractivity contribution in [2.45, 2.75) is 26.3 Å². The predicted molar refractivity (Wildman–Crippen MR) is 82.9 cm³/mol. The Bertz CT molecular complexity index is 580. The quantitative estimate of drug-likeness (QED) is 0.688. The van der Waals surface area contributed by atoms with Gasteiger partial charge in [0.1, 0.15) is 0 Å². The maximum atomic E-state index is 11.4. The van der Waals surface area contributed by atoms with Gasteiger partial charge >= 0.3 is 0 Å². The van der Waals surface area contributed by atoms with Crippen molar-refractivity contribution in [3.63, 3.8) is 0 Å². The van der Waals surface area contributed by atoms with E-state index in [2.05, 4.69) is 15.6 Å². The zero-order valence-corrected chi connectivity index (χ0v) is 12.4. The van der Waals surface area contributed by atoms with Gasteiger partial charge in [-0.25, -0.2) is 0 Å². The lowest BCUT2D eigenvalue weighted by molar-refractivity contribution is -0.120. The van der Waals surface area contributed by atoms with E-state index in [-0.39, 0.29) is 5.91 Å². The average Bonchev–Trinajstić information content (AvgIpc) is 2.78. The van der Waals surface area contributed by atoms with Gasteiger partial charge in [-0.3, -0.25) is 4.79 Å². The van der Waals surface area contributed by atoms with Crippen molar-refractivity contribution < 1.29 is 4.79 Å². The van der Waals surface area contributed by atoms with E-state index in [0.29, 0.717) is 19.5 Å². The van der Waals surface area contributed by atoms with Gasteiger partial charge in [-0.05, 0) is 12.5 Å². The Kier molecular flexibility index (Phi) is 5.44. The molecule has 0 atom stereocenters. The Morgan fingerprint density at radius 2 is 2.10 bits per heavy atom. The molecule has 0 radical (unpaired) electrons. The summed E-state index contributed by atoms with van der Waals surface area (Å²) in [5.74, 6) is 0.0853. The van der Waals surface area contributed by atoms with Gasteiger partial charge in [0, 0.05) is 42.7 Å². The average molecular weight is 294 g/mol. The number of hydrogen-bond donors (Lipinski definition) is 3. The Labute approximate surface area is 123 Å². The predicted octanol–water partition coefficient (Wildman–Crippen LogP) is 2.83. The molecule has 0 saturated heterocycles. The van der Waals surface area contributed by atoms with Crippen LogP contribution in [0.4, 0.5) is 0 Å². The summed E-state index contributed by atoms with van der Waals surface area (Å²) in [7, 11) is 0. The maximum absolute atomic E-state index is 11.4. The van der Waals surface area contributed by atoms with E-state index < -0.39 is 0 Å². The van der Waals surface area contributed by atoms with E-state index in [1.807, 2.05) is 31.2 Å². The van der Waals surface area contributed by atoms with Gasteiger partial charge in [0.2, 0.25) is 5.91 Å². The van der Waals surface area contributed by atoms with Gasteiger partial charge in [0.15, 0.2) is 0 Å². The molecule has 2 rings (SSSR count). The number of aromatic nitrogens is 1. The van der Waals surface area contributed by atoms with Crippen LogP contribution in [0.5, 0.6) is 0 Å². The second-order valence-corrected chi connectivity index (χ2v) is 5.12. The minimum absolute atomic E-state index is 0.0853. The Balaban J connectivity index is 1.81. The van der Waals surface area contributed by atoms with Gasteiger partial charge in [-0.1, -0.05) is 36.7 Å². The van der Waals surface area contributed by atoms with E-state index in [1.54, 1.807) is 0 Å². The molecule has 0 fully saturated rings. The number of carbonyl (C=O) groups is 1. The van der Waals surface area contributed by atoms with Crippen LogP contribution in [0, 0.1) is 0 Å². The number of H-pyrrole nitrogens is 1. The van der Waals surface area contributed by atoms with Crippen LogP contribution in [0.1, 0.15) is 25.5 Å². The standard InChI is InChI=1S/C15H20ClN3O/c1-2-8-18-14(20)7-9-17-10-13-15(16)11-5-3-4-6-12(11)19-13/h3-6,17,19H,2,7-10H2,1H3,(H,18,20). The largest absolute Gasteiger partial charge is 0.356 e. The molecule has 4 nitrogen and oxygen atoms in total. The highest BCUT2D eigenvalue weighted by atomic mass is 35.5. The molecule has 108 valence electrons. The third-order valence-corrected chi connectivity index (χ3v) is 3.55. The Morgan fingerprint density at radius 1 is 1.30 bits per heavy atom. The van der Waals surface area contributed by atoms with Gasteiger partial charge < -0.3 is 15.6 Å². The molecule has 2 aromatic rings. The van der Waals surface area contributed by atoms with Crippen molar-refractivity contribution in [3.05, 3.63) is 35.0 Å². The zero-order valence-electron chi connectivity index (χ0n) is 11.6. The molecule has 1 amide bonds. The van der Waals surface area contributed by atoms with Crippen molar-refractivity contribution in [2.24, 2.45) is 0 Å². The second kappa shape index (κ2) is 7.31. The molecule has 1 aromatic heterocycles. The third kappa shape index (κ3) is 3.74. The summed E-state index contributed by atoms with van der Waals surface area (Å²) >= 11 is 6.32. The molecule has 1 aromatic carbocycles. The molecule has 0 bridgehead atoms. The number of nitrogens with one attached hydrogen (secondary N) is 3. The van der Waals surface area contributed by atoms with Gasteiger partial charge in [0.05, 0.1) is 5.02 Å². The smallest absolute Gasteiger partial charge is 0.221 e. The van der Waals surface area contributed by atoms with Crippen LogP contribution < -0.4 is 10.6 Å². The fourth-order valence-electron chi connectivity index (χ4n) is 2.05. The summed E-state index contributed by atoms with van der Waals surface area (Å²) in [5.41, 5.74) is 2.00. The molecule has 20 heavy (non-hydrogen) atoms. The number of fused-ring (bicyclic) bond motifs is 1. The van der Waals surface area contributed by atoms with Crippen LogP contribution in [0.25, 0.3) is 10.9 Å². The highest BCUT2D eigenvalue weighted by molar-refractivity contribution is 6.36. The molecule has 0 aliphatic carbocycles. The molecular weight excluding hydrogens is 274 g/mol. The van der Waals surface area contributed by atoms with E-state index in [1.165, 1.54) is 0 Å². The van der Waals surface area contributed by atoms with Gasteiger partial charge in [-0.2, -0.15) is 0 Å². The fourth-order valence-corrected chi connectivity index (χ4v) is 2.33. The number of amides is 1. The molecule has 5 heteroatoms. The number of carbonyl (C=O) groups excluding carboxylic acids is 1. The van der Waals surface area contributed by atoms with Crippen molar-refractivity contribution >= 4 is 28.4 Å². The first-order chi connectivity index (χ1) is 9.72. The topological polar surface area (TPSA) is 56.9 Å². The van der Waals surface area contributed by atoms with Gasteiger partial charge in [0.25, 0.3) is 0 Å². The first-order valence-corrected chi connectivity index (χ1v) is 7.32. The summed E-state index contributed by atoms with van der Waals surface area (Å²) in [6, 6.07) is 7.94. The first kappa shape index (κ1) is 14.9. The summed E-state index contributed by atoms with van der Waals surface area (Å²) in [6.45, 7) is 4.05. The monoisotopic (exact) mass is 293 g/mol. The summed E-state index contributed by atoms with van der Waals surface area (Å²) < 4.78 is 0. The van der Waals surface area contributed by atoms with E-state index in [0.717, 1.165) is 34.6 Å². The number of hydrogen-bond acceptors (Lipinski definition) is 2. The normalized spacial score (nSPS) is 10.9. The van der Waals surface area contributed by atoms with Crippen molar-refractivity contribution in [1.82, 2.24) is 15.6 Å². The lowest BCUT2D eigenvalue weighted by Gasteiger charge is -2.05. The molecule has 1 heterocycles. The number of para-hydroxylation sites is 1. The van der Waals surface area contributed by atoms with Crippen LogP contribution in [0.15, 0.2) is 24.3 Å². The SMILES string of the molecule is CCCNC(=O)CCNCc1[nH]c2ccccc2c1Cl. The molecule has 0 saturated carbocycles. The number of rotatable bonds is 7. The molecule has 0 aliphatic rings. The molecule has 0 aliphatic heterocycles. The Morgan fingerprint density at radius 3 is 2.85 bits per heavy atom. The lowest BCUT2D eigenvalue weighted by atomic mass is 10.2. The van der Waals surface area contributed by atoms with Crippen LogP contribution in [0.2, 0.25) is 5.02 Å². The van der Waals surface area contributed by atoms with E-state index in [9.17, 15) is 4.79 Å². The highest BCUT2D eigenvalue weighted by Gasteiger charge is 2.08. The number of halogens is 1. The molecule has 0 unspecified atom stereocenters. The fraction of sp³-hybridized carbons (Fsp3) is 0.400. The molecular formula is C15H20ClN3O. The summed E-state index contributed by atoms with van der Waals surface area (Å²) in [4.78, 5) is 14.7.